The summed E-state index contributed by atoms with van der Waals surface area (Å²) in [7, 11) is 0. The van der Waals surface area contributed by atoms with Crippen LogP contribution in [0.3, 0.4) is 0 Å². The molecular formula is C20H17N5O2S. The normalized spacial score (nSPS) is 10.6. The summed E-state index contributed by atoms with van der Waals surface area (Å²) in [6.07, 6.45) is 3.12. The molecule has 0 saturated carbocycles. The highest BCUT2D eigenvalue weighted by Gasteiger charge is 2.10. The van der Waals surface area contributed by atoms with E-state index in [4.69, 9.17) is 4.42 Å². The number of amides is 2. The first-order valence-electron chi connectivity index (χ1n) is 8.57. The van der Waals surface area contributed by atoms with Crippen LogP contribution in [0, 0.1) is 13.8 Å². The molecule has 2 aromatic carbocycles. The Hall–Kier alpha value is -3.52. The highest BCUT2D eigenvalue weighted by atomic mass is 32.1. The maximum atomic E-state index is 12.1. The largest absolute Gasteiger partial charge is 0.444 e. The number of carbonyl (C=O) groups excluding carboxylic acids is 1. The van der Waals surface area contributed by atoms with Crippen molar-refractivity contribution in [2.75, 3.05) is 10.6 Å². The van der Waals surface area contributed by atoms with E-state index in [9.17, 15) is 4.79 Å². The number of carbonyl (C=O) groups is 1. The molecule has 4 aromatic rings. The molecule has 0 radical (unpaired) electrons. The van der Waals surface area contributed by atoms with Gasteiger partial charge in [-0.05, 0) is 48.7 Å². The van der Waals surface area contributed by atoms with Crippen molar-refractivity contribution < 1.29 is 9.21 Å². The lowest BCUT2D eigenvalue weighted by atomic mass is 9.97. The molecule has 0 unspecified atom stereocenters. The Morgan fingerprint density at radius 1 is 1.04 bits per heavy atom. The van der Waals surface area contributed by atoms with Crippen molar-refractivity contribution in [2.24, 2.45) is 0 Å². The van der Waals surface area contributed by atoms with Gasteiger partial charge in [0.25, 0.3) is 0 Å². The summed E-state index contributed by atoms with van der Waals surface area (Å²) in [6.45, 7) is 3.85. The van der Waals surface area contributed by atoms with Gasteiger partial charge in [0.15, 0.2) is 12.2 Å². The molecule has 2 N–H and O–H groups in total. The maximum Gasteiger partial charge on any atom is 0.324 e. The van der Waals surface area contributed by atoms with E-state index in [2.05, 4.69) is 44.3 Å². The third-order valence-corrected chi connectivity index (χ3v) is 5.03. The van der Waals surface area contributed by atoms with Crippen molar-refractivity contribution in [3.63, 3.8) is 0 Å². The van der Waals surface area contributed by atoms with Gasteiger partial charge in [-0.25, -0.2) is 9.78 Å². The number of hydrogen-bond acceptors (Lipinski definition) is 6. The molecule has 28 heavy (non-hydrogen) atoms. The monoisotopic (exact) mass is 391 g/mol. The average Bonchev–Trinajstić information content (AvgIpc) is 3.36. The van der Waals surface area contributed by atoms with E-state index in [1.807, 2.05) is 30.3 Å². The minimum Gasteiger partial charge on any atom is -0.444 e. The second-order valence-corrected chi connectivity index (χ2v) is 6.99. The van der Waals surface area contributed by atoms with E-state index in [1.165, 1.54) is 6.39 Å². The minimum absolute atomic E-state index is 0.328. The molecule has 0 aliphatic rings. The first-order chi connectivity index (χ1) is 13.6. The zero-order chi connectivity index (χ0) is 19.5. The van der Waals surface area contributed by atoms with E-state index in [1.54, 1.807) is 13.1 Å². The zero-order valence-corrected chi connectivity index (χ0v) is 16.1. The standard InChI is InChI=1S/C20H17N5O2S/c1-12-3-4-15(18-10-21-11-27-18)9-17(12)14-5-7-16(8-6-14)22-20(26)23-19-13(2)24-25-28-19/h3-11H,1-2H3,(H2,22,23,26). The van der Waals surface area contributed by atoms with Gasteiger partial charge in [-0.1, -0.05) is 28.8 Å². The van der Waals surface area contributed by atoms with Gasteiger partial charge < -0.3 is 9.73 Å². The maximum absolute atomic E-state index is 12.1. The molecule has 2 amide bonds. The highest BCUT2D eigenvalue weighted by molar-refractivity contribution is 7.10. The van der Waals surface area contributed by atoms with E-state index in [0.29, 0.717) is 16.4 Å². The second-order valence-electron chi connectivity index (χ2n) is 6.24. The summed E-state index contributed by atoms with van der Waals surface area (Å²) < 4.78 is 9.19. The van der Waals surface area contributed by atoms with Gasteiger partial charge in [-0.2, -0.15) is 0 Å². The molecule has 2 heterocycles. The van der Waals surface area contributed by atoms with Gasteiger partial charge in [0.05, 0.1) is 11.9 Å². The summed E-state index contributed by atoms with van der Waals surface area (Å²) >= 11 is 1.14. The molecule has 0 aliphatic heterocycles. The fourth-order valence-electron chi connectivity index (χ4n) is 2.79. The molecule has 4 rings (SSSR count). The van der Waals surface area contributed by atoms with Crippen molar-refractivity contribution in [2.45, 2.75) is 13.8 Å². The Bertz CT molecular complexity index is 1100. The smallest absolute Gasteiger partial charge is 0.324 e. The number of rotatable bonds is 4. The van der Waals surface area contributed by atoms with Crippen LogP contribution in [-0.4, -0.2) is 20.6 Å². The fourth-order valence-corrected chi connectivity index (χ4v) is 3.35. The van der Waals surface area contributed by atoms with Gasteiger partial charge in [-0.15, -0.1) is 5.10 Å². The van der Waals surface area contributed by atoms with Crippen LogP contribution in [0.1, 0.15) is 11.3 Å². The van der Waals surface area contributed by atoms with Crippen LogP contribution in [0.15, 0.2) is 59.5 Å². The number of nitrogens with one attached hydrogen (secondary N) is 2. The van der Waals surface area contributed by atoms with Gasteiger partial charge >= 0.3 is 6.03 Å². The summed E-state index contributed by atoms with van der Waals surface area (Å²) in [5, 5.41) is 10.1. The Labute approximate surface area is 165 Å². The lowest BCUT2D eigenvalue weighted by Gasteiger charge is -2.10. The highest BCUT2D eigenvalue weighted by Crippen LogP contribution is 2.30. The van der Waals surface area contributed by atoms with Crippen molar-refractivity contribution in [1.29, 1.82) is 0 Å². The van der Waals surface area contributed by atoms with Gasteiger partial charge in [-0.3, -0.25) is 5.32 Å². The van der Waals surface area contributed by atoms with Crippen LogP contribution in [0.25, 0.3) is 22.5 Å². The number of aromatic nitrogens is 3. The van der Waals surface area contributed by atoms with Crippen LogP contribution in [-0.2, 0) is 0 Å². The summed E-state index contributed by atoms with van der Waals surface area (Å²) in [6, 6.07) is 13.5. The molecule has 0 bridgehead atoms. The van der Waals surface area contributed by atoms with Crippen molar-refractivity contribution >= 4 is 28.3 Å². The summed E-state index contributed by atoms with van der Waals surface area (Å²) in [5.74, 6) is 0.726. The Morgan fingerprint density at radius 3 is 2.50 bits per heavy atom. The molecule has 8 heteroatoms. The van der Waals surface area contributed by atoms with Crippen LogP contribution in [0.5, 0.6) is 0 Å². The van der Waals surface area contributed by atoms with Crippen molar-refractivity contribution in [3.05, 3.63) is 66.3 Å². The summed E-state index contributed by atoms with van der Waals surface area (Å²) in [4.78, 5) is 16.1. The first kappa shape index (κ1) is 17.9. The molecule has 7 nitrogen and oxygen atoms in total. The molecule has 0 saturated heterocycles. The molecule has 0 aliphatic carbocycles. The van der Waals surface area contributed by atoms with E-state index < -0.39 is 0 Å². The molecule has 2 aromatic heterocycles. The molecule has 0 spiro atoms. The number of hydrogen-bond donors (Lipinski definition) is 2. The number of anilines is 2. The fraction of sp³-hybridized carbons (Fsp3) is 0.100. The lowest BCUT2D eigenvalue weighted by molar-refractivity contribution is 0.262. The topological polar surface area (TPSA) is 92.9 Å². The molecule has 0 fully saturated rings. The molecule has 140 valence electrons. The number of aryl methyl sites for hydroxylation is 2. The number of nitrogens with zero attached hydrogens (tertiary/aromatic N) is 3. The van der Waals surface area contributed by atoms with E-state index >= 15 is 0 Å². The van der Waals surface area contributed by atoms with Crippen LogP contribution in [0.2, 0.25) is 0 Å². The minimum atomic E-state index is -0.328. The quantitative estimate of drug-likeness (QED) is 0.504. The van der Waals surface area contributed by atoms with E-state index in [0.717, 1.165) is 39.5 Å². The Morgan fingerprint density at radius 2 is 1.82 bits per heavy atom. The van der Waals surface area contributed by atoms with Crippen LogP contribution < -0.4 is 10.6 Å². The summed E-state index contributed by atoms with van der Waals surface area (Å²) in [5.41, 5.74) is 5.64. The first-order valence-corrected chi connectivity index (χ1v) is 9.34. The number of urea groups is 1. The van der Waals surface area contributed by atoms with Crippen molar-refractivity contribution in [3.8, 4) is 22.5 Å². The van der Waals surface area contributed by atoms with Gasteiger partial charge in [0.1, 0.15) is 5.00 Å². The zero-order valence-electron chi connectivity index (χ0n) is 15.3. The third-order valence-electron chi connectivity index (χ3n) is 4.29. The van der Waals surface area contributed by atoms with Crippen molar-refractivity contribution in [1.82, 2.24) is 14.6 Å². The Kier molecular flexibility index (Phi) is 4.86. The number of oxazole rings is 1. The SMILES string of the molecule is Cc1ccc(-c2cnco2)cc1-c1ccc(NC(=O)Nc2snnc2C)cc1. The average molecular weight is 391 g/mol. The van der Waals surface area contributed by atoms with Gasteiger partial charge in [0, 0.05) is 22.8 Å². The van der Waals surface area contributed by atoms with Crippen LogP contribution in [0.4, 0.5) is 15.5 Å². The molecule has 0 atom stereocenters. The predicted octanol–water partition coefficient (Wildman–Crippen LogP) is 5.12. The lowest BCUT2D eigenvalue weighted by Crippen LogP contribution is -2.19. The third kappa shape index (κ3) is 3.77. The second kappa shape index (κ2) is 7.61. The van der Waals surface area contributed by atoms with E-state index in [-0.39, 0.29) is 6.03 Å². The number of benzene rings is 2. The molecular weight excluding hydrogens is 374 g/mol. The van der Waals surface area contributed by atoms with Crippen LogP contribution >= 0.6 is 11.5 Å². The van der Waals surface area contributed by atoms with Gasteiger partial charge in [0.2, 0.25) is 0 Å². The Balaban J connectivity index is 1.51. The predicted molar refractivity (Wildman–Crippen MR) is 109 cm³/mol.